The van der Waals surface area contributed by atoms with Crippen LogP contribution in [0, 0.1) is 0 Å². The van der Waals surface area contributed by atoms with Gasteiger partial charge in [0.25, 0.3) is 0 Å². The molecule has 0 aliphatic carbocycles. The zero-order chi connectivity index (χ0) is 18.3. The predicted octanol–water partition coefficient (Wildman–Crippen LogP) is 4.43. The summed E-state index contributed by atoms with van der Waals surface area (Å²) in [5, 5.41) is 9.29. The van der Waals surface area contributed by atoms with Gasteiger partial charge < -0.3 is 10.8 Å². The zero-order valence-corrected chi connectivity index (χ0v) is 15.2. The van der Waals surface area contributed by atoms with Crippen LogP contribution in [0.1, 0.15) is 38.1 Å². The van der Waals surface area contributed by atoms with E-state index >= 15 is 0 Å². The molecule has 0 fully saturated rings. The van der Waals surface area contributed by atoms with Crippen molar-refractivity contribution in [3.63, 3.8) is 0 Å². The molecule has 128 valence electrons. The highest BCUT2D eigenvalue weighted by molar-refractivity contribution is 8.01. The summed E-state index contributed by atoms with van der Waals surface area (Å²) in [7, 11) is 0. The highest BCUT2D eigenvalue weighted by Crippen LogP contribution is 2.38. The van der Waals surface area contributed by atoms with Crippen LogP contribution in [-0.4, -0.2) is 21.7 Å². The molecular weight excluding hydrogens is 322 g/mol. The first-order valence-electron chi connectivity index (χ1n) is 7.73. The fraction of sp³-hybridized carbons (Fsp3) is 0.263. The summed E-state index contributed by atoms with van der Waals surface area (Å²) in [4.78, 5) is 23.3. The van der Waals surface area contributed by atoms with Crippen LogP contribution in [0.3, 0.4) is 0 Å². The molecule has 2 rings (SSSR count). The van der Waals surface area contributed by atoms with E-state index in [-0.39, 0.29) is 0 Å². The van der Waals surface area contributed by atoms with Gasteiger partial charge >= 0.3 is 5.97 Å². The Hall–Kier alpha value is -2.27. The second-order valence-corrected chi connectivity index (χ2v) is 7.02. The SMILES string of the molecule is CC.CC(C)(Sc1ccccc1-c1ccc(C(N)=O)cc1)C(=O)O. The average Bonchev–Trinajstić information content (AvgIpc) is 2.57. The van der Waals surface area contributed by atoms with Gasteiger partial charge in [-0.3, -0.25) is 9.59 Å². The summed E-state index contributed by atoms with van der Waals surface area (Å²) in [6.07, 6.45) is 0. The Labute approximate surface area is 147 Å². The lowest BCUT2D eigenvalue weighted by molar-refractivity contribution is -0.138. The number of thioether (sulfide) groups is 1. The van der Waals surface area contributed by atoms with Crippen LogP contribution in [0.5, 0.6) is 0 Å². The highest BCUT2D eigenvalue weighted by atomic mass is 32.2. The van der Waals surface area contributed by atoms with Gasteiger partial charge in [-0.05, 0) is 43.2 Å². The number of carboxylic acids is 1. The van der Waals surface area contributed by atoms with Crippen molar-refractivity contribution in [2.45, 2.75) is 37.3 Å². The Morgan fingerprint density at radius 2 is 1.54 bits per heavy atom. The summed E-state index contributed by atoms with van der Waals surface area (Å²) in [6, 6.07) is 14.6. The van der Waals surface area contributed by atoms with Crippen molar-refractivity contribution in [1.29, 1.82) is 0 Å². The molecule has 0 unspecified atom stereocenters. The van der Waals surface area contributed by atoms with E-state index in [1.165, 1.54) is 11.8 Å². The molecule has 1 amide bonds. The predicted molar refractivity (Wildman–Crippen MR) is 99.3 cm³/mol. The number of carbonyl (C=O) groups is 2. The van der Waals surface area contributed by atoms with Crippen LogP contribution in [0.25, 0.3) is 11.1 Å². The fourth-order valence-electron chi connectivity index (χ4n) is 1.93. The Balaban J connectivity index is 0.00000139. The van der Waals surface area contributed by atoms with Crippen molar-refractivity contribution in [2.24, 2.45) is 5.73 Å². The number of hydrogen-bond acceptors (Lipinski definition) is 3. The molecule has 0 aromatic heterocycles. The van der Waals surface area contributed by atoms with Gasteiger partial charge in [-0.25, -0.2) is 0 Å². The number of nitrogens with two attached hydrogens (primary N) is 1. The third-order valence-electron chi connectivity index (χ3n) is 3.25. The van der Waals surface area contributed by atoms with E-state index in [0.29, 0.717) is 5.56 Å². The van der Waals surface area contributed by atoms with E-state index in [1.807, 2.05) is 50.2 Å². The van der Waals surface area contributed by atoms with Gasteiger partial charge in [0.2, 0.25) is 5.91 Å². The number of hydrogen-bond donors (Lipinski definition) is 2. The van der Waals surface area contributed by atoms with Gasteiger partial charge in [0, 0.05) is 10.5 Å². The summed E-state index contributed by atoms with van der Waals surface area (Å²) >= 11 is 1.29. The summed E-state index contributed by atoms with van der Waals surface area (Å²) in [5.74, 6) is -1.34. The van der Waals surface area contributed by atoms with Gasteiger partial charge in [-0.1, -0.05) is 44.2 Å². The van der Waals surface area contributed by atoms with Crippen molar-refractivity contribution < 1.29 is 14.7 Å². The van der Waals surface area contributed by atoms with Crippen LogP contribution in [0.15, 0.2) is 53.4 Å². The summed E-state index contributed by atoms with van der Waals surface area (Å²) < 4.78 is -0.927. The molecule has 4 nitrogen and oxygen atoms in total. The van der Waals surface area contributed by atoms with Crippen molar-refractivity contribution in [1.82, 2.24) is 0 Å². The van der Waals surface area contributed by atoms with Crippen molar-refractivity contribution in [3.8, 4) is 11.1 Å². The Kier molecular flexibility index (Phi) is 7.04. The number of rotatable bonds is 5. The molecule has 2 aromatic carbocycles. The standard InChI is InChI=1S/C17H17NO3S.C2H6/c1-17(2,16(20)21)22-14-6-4-3-5-13(14)11-7-9-12(10-8-11)15(18)19;1-2/h3-10H,1-2H3,(H2,18,19)(H,20,21);1-2H3. The largest absolute Gasteiger partial charge is 0.480 e. The lowest BCUT2D eigenvalue weighted by atomic mass is 10.0. The zero-order valence-electron chi connectivity index (χ0n) is 14.4. The van der Waals surface area contributed by atoms with Gasteiger partial charge in [-0.2, -0.15) is 0 Å². The Morgan fingerprint density at radius 1 is 1.00 bits per heavy atom. The first kappa shape index (κ1) is 19.8. The summed E-state index contributed by atoms with van der Waals surface area (Å²) in [5.41, 5.74) is 7.52. The number of benzene rings is 2. The third-order valence-corrected chi connectivity index (χ3v) is 4.51. The van der Waals surface area contributed by atoms with E-state index in [1.54, 1.807) is 26.0 Å². The lowest BCUT2D eigenvalue weighted by Gasteiger charge is -2.20. The quantitative estimate of drug-likeness (QED) is 0.785. The fourth-order valence-corrected chi connectivity index (χ4v) is 3.01. The molecular formula is C19H23NO3S. The van der Waals surface area contributed by atoms with Gasteiger partial charge in [0.05, 0.1) is 0 Å². The molecule has 0 radical (unpaired) electrons. The topological polar surface area (TPSA) is 80.4 Å². The maximum absolute atomic E-state index is 11.3. The van der Waals surface area contributed by atoms with Crippen LogP contribution in [0.4, 0.5) is 0 Å². The molecule has 0 saturated carbocycles. The minimum atomic E-state index is -0.927. The van der Waals surface area contributed by atoms with E-state index in [9.17, 15) is 14.7 Å². The van der Waals surface area contributed by atoms with Crippen molar-refractivity contribution >= 4 is 23.6 Å². The maximum Gasteiger partial charge on any atom is 0.319 e. The maximum atomic E-state index is 11.3. The molecule has 0 aliphatic rings. The molecule has 3 N–H and O–H groups in total. The minimum Gasteiger partial charge on any atom is -0.480 e. The molecule has 5 heteroatoms. The van der Waals surface area contributed by atoms with Gasteiger partial charge in [0.1, 0.15) is 4.75 Å². The van der Waals surface area contributed by atoms with Crippen LogP contribution in [-0.2, 0) is 4.79 Å². The number of primary amides is 1. The molecule has 0 saturated heterocycles. The normalized spacial score (nSPS) is 10.5. The van der Waals surface area contributed by atoms with Crippen LogP contribution in [0.2, 0.25) is 0 Å². The highest BCUT2D eigenvalue weighted by Gasteiger charge is 2.29. The molecule has 0 atom stereocenters. The number of aliphatic carboxylic acids is 1. The van der Waals surface area contributed by atoms with Gasteiger partial charge in [0.15, 0.2) is 0 Å². The number of amides is 1. The lowest BCUT2D eigenvalue weighted by Crippen LogP contribution is -2.26. The van der Waals surface area contributed by atoms with Crippen molar-refractivity contribution in [3.05, 3.63) is 54.1 Å². The molecule has 2 aromatic rings. The Morgan fingerprint density at radius 3 is 2.04 bits per heavy atom. The first-order valence-corrected chi connectivity index (χ1v) is 8.54. The van der Waals surface area contributed by atoms with E-state index in [4.69, 9.17) is 5.73 Å². The average molecular weight is 345 g/mol. The van der Waals surface area contributed by atoms with Gasteiger partial charge in [-0.15, -0.1) is 11.8 Å². The molecule has 0 aliphatic heterocycles. The monoisotopic (exact) mass is 345 g/mol. The molecule has 24 heavy (non-hydrogen) atoms. The summed E-state index contributed by atoms with van der Waals surface area (Å²) in [6.45, 7) is 7.35. The second-order valence-electron chi connectivity index (χ2n) is 5.36. The van der Waals surface area contributed by atoms with Crippen LogP contribution < -0.4 is 5.73 Å². The van der Waals surface area contributed by atoms with Crippen molar-refractivity contribution in [2.75, 3.05) is 0 Å². The van der Waals surface area contributed by atoms with E-state index < -0.39 is 16.6 Å². The number of carbonyl (C=O) groups excluding carboxylic acids is 1. The Bertz CT molecular complexity index is 709. The van der Waals surface area contributed by atoms with E-state index in [2.05, 4.69) is 0 Å². The van der Waals surface area contributed by atoms with Crippen LogP contribution >= 0.6 is 11.8 Å². The minimum absolute atomic E-state index is 0.444. The van der Waals surface area contributed by atoms with E-state index in [0.717, 1.165) is 16.0 Å². The number of carboxylic acid groups (broad SMARTS) is 1. The third kappa shape index (κ3) is 4.86. The molecule has 0 heterocycles. The molecule has 0 bridgehead atoms. The molecule has 0 spiro atoms. The first-order chi connectivity index (χ1) is 11.3. The smallest absolute Gasteiger partial charge is 0.319 e. The second kappa shape index (κ2) is 8.55.